The van der Waals surface area contributed by atoms with Crippen molar-refractivity contribution >= 4 is 5.91 Å². The van der Waals surface area contributed by atoms with E-state index in [0.29, 0.717) is 17.8 Å². The highest BCUT2D eigenvalue weighted by Crippen LogP contribution is 2.02. The van der Waals surface area contributed by atoms with Crippen molar-refractivity contribution in [1.29, 1.82) is 0 Å². The first-order chi connectivity index (χ1) is 9.10. The molecule has 2 aromatic rings. The number of carbonyl (C=O) groups excluding carboxylic acids is 1. The second kappa shape index (κ2) is 5.40. The molecule has 0 unspecified atom stereocenters. The van der Waals surface area contributed by atoms with Gasteiger partial charge < -0.3 is 0 Å². The number of nitrogen functional groups attached to an aromatic ring is 1. The monoisotopic (exact) mass is 259 g/mol. The molecule has 0 atom stereocenters. The minimum Gasteiger partial charge on any atom is -0.293 e. The van der Waals surface area contributed by atoms with Crippen molar-refractivity contribution in [2.75, 3.05) is 0 Å². The highest BCUT2D eigenvalue weighted by molar-refractivity contribution is 5.93. The van der Waals surface area contributed by atoms with Gasteiger partial charge in [0.2, 0.25) is 0 Å². The summed E-state index contributed by atoms with van der Waals surface area (Å²) in [4.78, 5) is 30.6. The number of nitrogens with zero attached hydrogens (tertiary/aromatic N) is 3. The van der Waals surface area contributed by atoms with Gasteiger partial charge in [-0.15, -0.1) is 0 Å². The fourth-order valence-corrected chi connectivity index (χ4v) is 1.59. The number of nitrogens with one attached hydrogen (secondary N) is 1. The van der Waals surface area contributed by atoms with Gasteiger partial charge in [0.25, 0.3) is 5.91 Å². The summed E-state index contributed by atoms with van der Waals surface area (Å²) in [7, 11) is 0. The van der Waals surface area contributed by atoms with E-state index in [1.165, 1.54) is 17.0 Å². The molecule has 7 heteroatoms. The van der Waals surface area contributed by atoms with E-state index in [1.807, 2.05) is 12.3 Å². The molecule has 0 saturated heterocycles. The number of hydrazine groups is 1. The third kappa shape index (κ3) is 3.02. The lowest BCUT2D eigenvalue weighted by molar-refractivity contribution is 0.0953. The summed E-state index contributed by atoms with van der Waals surface area (Å²) >= 11 is 0. The van der Waals surface area contributed by atoms with E-state index in [0.717, 1.165) is 5.56 Å². The molecule has 0 radical (unpaired) electrons. The number of amides is 1. The Morgan fingerprint density at radius 3 is 2.79 bits per heavy atom. The highest BCUT2D eigenvalue weighted by atomic mass is 16.2. The fraction of sp³-hybridized carbons (Fsp3) is 0.167. The van der Waals surface area contributed by atoms with Crippen molar-refractivity contribution in [2.24, 2.45) is 5.84 Å². The van der Waals surface area contributed by atoms with Crippen LogP contribution in [-0.2, 0) is 6.54 Å². The van der Waals surface area contributed by atoms with Crippen molar-refractivity contribution in [3.63, 3.8) is 0 Å². The number of pyridine rings is 1. The zero-order valence-corrected chi connectivity index (χ0v) is 10.3. The van der Waals surface area contributed by atoms with Crippen LogP contribution < -0.4 is 17.0 Å². The van der Waals surface area contributed by atoms with Crippen molar-refractivity contribution in [2.45, 2.75) is 13.5 Å². The molecular weight excluding hydrogens is 246 g/mol. The van der Waals surface area contributed by atoms with E-state index in [9.17, 15) is 9.59 Å². The van der Waals surface area contributed by atoms with E-state index in [4.69, 9.17) is 5.84 Å². The Bertz CT molecular complexity index is 648. The van der Waals surface area contributed by atoms with E-state index < -0.39 is 5.91 Å². The van der Waals surface area contributed by atoms with Gasteiger partial charge in [-0.05, 0) is 24.6 Å². The summed E-state index contributed by atoms with van der Waals surface area (Å²) in [6.45, 7) is 2.16. The summed E-state index contributed by atoms with van der Waals surface area (Å²) < 4.78 is 1.46. The molecule has 0 saturated carbocycles. The summed E-state index contributed by atoms with van der Waals surface area (Å²) in [6.07, 6.45) is 4.63. The Kier molecular flexibility index (Phi) is 3.67. The Hall–Kier alpha value is -2.54. The van der Waals surface area contributed by atoms with Gasteiger partial charge in [-0.2, -0.15) is 0 Å². The first kappa shape index (κ1) is 12.9. The SMILES string of the molecule is Cc1cnc(=O)n(Cc2ccc(C(=O)NN)cn2)c1. The van der Waals surface area contributed by atoms with E-state index in [-0.39, 0.29) is 5.69 Å². The van der Waals surface area contributed by atoms with Crippen LogP contribution in [-0.4, -0.2) is 20.4 Å². The predicted octanol–water partition coefficient (Wildman–Crippen LogP) is -0.401. The lowest BCUT2D eigenvalue weighted by atomic mass is 10.2. The third-order valence-corrected chi connectivity index (χ3v) is 2.53. The van der Waals surface area contributed by atoms with Crippen molar-refractivity contribution in [1.82, 2.24) is 20.0 Å². The van der Waals surface area contributed by atoms with Gasteiger partial charge in [0.15, 0.2) is 0 Å². The molecule has 0 aromatic carbocycles. The van der Waals surface area contributed by atoms with Gasteiger partial charge in [-0.1, -0.05) is 0 Å². The Morgan fingerprint density at radius 1 is 1.37 bits per heavy atom. The van der Waals surface area contributed by atoms with Gasteiger partial charge in [0.05, 0.1) is 17.8 Å². The average Bonchev–Trinajstić information content (AvgIpc) is 2.43. The number of aryl methyl sites for hydroxylation is 1. The summed E-state index contributed by atoms with van der Waals surface area (Å²) in [5, 5.41) is 0. The molecule has 98 valence electrons. The third-order valence-electron chi connectivity index (χ3n) is 2.53. The van der Waals surface area contributed by atoms with Crippen molar-refractivity contribution in [3.8, 4) is 0 Å². The standard InChI is InChI=1S/C12H13N5O2/c1-8-4-15-12(19)17(6-8)7-10-3-2-9(5-14-10)11(18)16-13/h2-6H,7,13H2,1H3,(H,16,18). The molecule has 2 heterocycles. The number of nitrogens with two attached hydrogens (primary N) is 1. The highest BCUT2D eigenvalue weighted by Gasteiger charge is 2.05. The summed E-state index contributed by atoms with van der Waals surface area (Å²) in [6, 6.07) is 3.26. The maximum absolute atomic E-state index is 11.5. The molecule has 7 nitrogen and oxygen atoms in total. The average molecular weight is 259 g/mol. The minimum atomic E-state index is -0.409. The second-order valence-electron chi connectivity index (χ2n) is 4.05. The van der Waals surface area contributed by atoms with Crippen molar-refractivity contribution in [3.05, 3.63) is 58.0 Å². The van der Waals surface area contributed by atoms with Crippen molar-refractivity contribution < 1.29 is 4.79 Å². The van der Waals surface area contributed by atoms with Gasteiger partial charge in [-0.3, -0.25) is 19.8 Å². The van der Waals surface area contributed by atoms with Crippen LogP contribution >= 0.6 is 0 Å². The van der Waals surface area contributed by atoms with Gasteiger partial charge >= 0.3 is 5.69 Å². The molecule has 0 aliphatic carbocycles. The zero-order chi connectivity index (χ0) is 13.8. The fourth-order valence-electron chi connectivity index (χ4n) is 1.59. The maximum atomic E-state index is 11.5. The normalized spacial score (nSPS) is 10.2. The number of hydrogen-bond donors (Lipinski definition) is 2. The number of carbonyl (C=O) groups is 1. The van der Waals surface area contributed by atoms with Crippen LogP contribution in [0.4, 0.5) is 0 Å². The molecule has 2 rings (SSSR count). The quantitative estimate of drug-likeness (QED) is 0.443. The van der Waals surface area contributed by atoms with Crippen LogP contribution in [0.3, 0.4) is 0 Å². The molecule has 0 fully saturated rings. The summed E-state index contributed by atoms with van der Waals surface area (Å²) in [5.74, 6) is 4.61. The topological polar surface area (TPSA) is 103 Å². The maximum Gasteiger partial charge on any atom is 0.347 e. The molecule has 0 bridgehead atoms. The predicted molar refractivity (Wildman–Crippen MR) is 68.2 cm³/mol. The van der Waals surface area contributed by atoms with E-state index >= 15 is 0 Å². The van der Waals surface area contributed by atoms with Crippen LogP contribution in [0.2, 0.25) is 0 Å². The largest absolute Gasteiger partial charge is 0.347 e. The van der Waals surface area contributed by atoms with Crippen LogP contribution in [0.5, 0.6) is 0 Å². The Balaban J connectivity index is 2.22. The minimum absolute atomic E-state index is 0.304. The molecule has 1 amide bonds. The lowest BCUT2D eigenvalue weighted by Gasteiger charge is -2.06. The van der Waals surface area contributed by atoms with Gasteiger partial charge in [0.1, 0.15) is 0 Å². The first-order valence-corrected chi connectivity index (χ1v) is 5.59. The number of aromatic nitrogens is 3. The van der Waals surface area contributed by atoms with E-state index in [1.54, 1.807) is 18.3 Å². The molecular formula is C12H13N5O2. The Labute approximate surface area is 109 Å². The smallest absolute Gasteiger partial charge is 0.293 e. The molecule has 19 heavy (non-hydrogen) atoms. The van der Waals surface area contributed by atoms with E-state index in [2.05, 4.69) is 9.97 Å². The Morgan fingerprint density at radius 2 is 2.16 bits per heavy atom. The molecule has 0 aliphatic rings. The van der Waals surface area contributed by atoms with Crippen LogP contribution in [0.15, 0.2) is 35.5 Å². The van der Waals surface area contributed by atoms with Gasteiger partial charge in [-0.25, -0.2) is 15.6 Å². The number of rotatable bonds is 3. The molecule has 3 N–H and O–H groups in total. The number of hydrogen-bond acceptors (Lipinski definition) is 5. The molecule has 0 spiro atoms. The first-order valence-electron chi connectivity index (χ1n) is 5.59. The summed E-state index contributed by atoms with van der Waals surface area (Å²) in [5.41, 5.74) is 3.59. The van der Waals surface area contributed by atoms with Crippen LogP contribution in [0.1, 0.15) is 21.6 Å². The van der Waals surface area contributed by atoms with Crippen LogP contribution in [0, 0.1) is 6.92 Å². The lowest BCUT2D eigenvalue weighted by Crippen LogP contribution is -2.30. The van der Waals surface area contributed by atoms with Crippen LogP contribution in [0.25, 0.3) is 0 Å². The molecule has 2 aromatic heterocycles. The van der Waals surface area contributed by atoms with Gasteiger partial charge in [0, 0.05) is 18.6 Å². The second-order valence-corrected chi connectivity index (χ2v) is 4.05. The zero-order valence-electron chi connectivity index (χ0n) is 10.3. The molecule has 0 aliphatic heterocycles.